The minimum absolute atomic E-state index is 0.136. The number of furan rings is 1. The van der Waals surface area contributed by atoms with Gasteiger partial charge in [-0.25, -0.2) is 0 Å². The van der Waals surface area contributed by atoms with Crippen molar-refractivity contribution in [2.24, 2.45) is 0 Å². The third-order valence-corrected chi connectivity index (χ3v) is 18.1. The molecule has 6 aromatic rings. The van der Waals surface area contributed by atoms with Gasteiger partial charge in [0, 0.05) is 47.3 Å². The van der Waals surface area contributed by atoms with Crippen LogP contribution in [0.15, 0.2) is 115 Å². The highest BCUT2D eigenvalue weighted by molar-refractivity contribution is 7.99. The van der Waals surface area contributed by atoms with Crippen LogP contribution in [0.5, 0.6) is 11.5 Å². The molecule has 2 N–H and O–H groups in total. The lowest BCUT2D eigenvalue weighted by Crippen LogP contribution is -2.44. The number of para-hydroxylation sites is 1. The molecule has 0 spiro atoms. The molecule has 0 saturated carbocycles. The van der Waals surface area contributed by atoms with Crippen molar-refractivity contribution < 1.29 is 33.7 Å². The van der Waals surface area contributed by atoms with E-state index in [1.165, 1.54) is 96.5 Å². The Labute approximate surface area is 426 Å². The van der Waals surface area contributed by atoms with E-state index in [1.807, 2.05) is 75.2 Å². The second kappa shape index (κ2) is 22.5. The number of aliphatic carboxylic acids is 2. The fourth-order valence-electron chi connectivity index (χ4n) is 11.2. The summed E-state index contributed by atoms with van der Waals surface area (Å²) >= 11 is 4.75. The molecule has 4 saturated heterocycles. The first-order valence-electron chi connectivity index (χ1n) is 25.7. The molecule has 372 valence electrons. The van der Waals surface area contributed by atoms with Crippen molar-refractivity contribution >= 4 is 67.9 Å². The quantitative estimate of drug-likeness (QED) is 0.108. The molecule has 9 nitrogen and oxygen atoms in total. The van der Waals surface area contributed by atoms with E-state index in [9.17, 15) is 19.8 Å². The van der Waals surface area contributed by atoms with Crippen LogP contribution in [0.3, 0.4) is 0 Å². The van der Waals surface area contributed by atoms with Crippen LogP contribution in [-0.2, 0) is 9.59 Å². The summed E-state index contributed by atoms with van der Waals surface area (Å²) in [5.74, 6) is -1.64. The summed E-state index contributed by atoms with van der Waals surface area (Å²) in [6, 6.07) is 30.6. The highest BCUT2D eigenvalue weighted by Crippen LogP contribution is 2.48. The van der Waals surface area contributed by atoms with Gasteiger partial charge in [0.05, 0.1) is 17.3 Å². The van der Waals surface area contributed by atoms with Gasteiger partial charge in [-0.15, -0.1) is 11.3 Å². The van der Waals surface area contributed by atoms with Crippen LogP contribution < -0.4 is 9.47 Å². The number of carbonyl (C=O) groups is 2. The number of thiophene rings is 1. The van der Waals surface area contributed by atoms with Gasteiger partial charge in [-0.05, 0) is 214 Å². The topological polar surface area (TPSA) is 113 Å². The van der Waals surface area contributed by atoms with Gasteiger partial charge in [0.25, 0.3) is 0 Å². The van der Waals surface area contributed by atoms with Crippen molar-refractivity contribution in [1.29, 1.82) is 0 Å². The molecule has 12 heteroatoms. The maximum absolute atomic E-state index is 12.2. The summed E-state index contributed by atoms with van der Waals surface area (Å²) in [5.41, 5.74) is 3.04. The number of piperidine rings is 3. The Kier molecular flexibility index (Phi) is 16.2. The van der Waals surface area contributed by atoms with E-state index in [-0.39, 0.29) is 17.6 Å². The molecule has 70 heavy (non-hydrogen) atoms. The van der Waals surface area contributed by atoms with Crippen LogP contribution in [0.2, 0.25) is 0 Å². The summed E-state index contributed by atoms with van der Waals surface area (Å²) in [7, 11) is 0. The van der Waals surface area contributed by atoms with Gasteiger partial charge in [0.2, 0.25) is 0 Å². The van der Waals surface area contributed by atoms with Gasteiger partial charge in [-0.2, -0.15) is 0 Å². The van der Waals surface area contributed by atoms with Gasteiger partial charge in [0.15, 0.2) is 5.92 Å². The molecule has 5 atom stereocenters. The predicted octanol–water partition coefficient (Wildman–Crippen LogP) is 15.1. The second-order valence-corrected chi connectivity index (χ2v) is 24.2. The van der Waals surface area contributed by atoms with Gasteiger partial charge in [-0.3, -0.25) is 9.59 Å². The zero-order chi connectivity index (χ0) is 48.9. The Hall–Kier alpha value is -4.46. The van der Waals surface area contributed by atoms with E-state index in [2.05, 4.69) is 72.2 Å². The van der Waals surface area contributed by atoms with E-state index in [0.29, 0.717) is 16.8 Å². The summed E-state index contributed by atoms with van der Waals surface area (Å²) in [6.45, 7) is 15.0. The van der Waals surface area contributed by atoms with Gasteiger partial charge in [-0.1, -0.05) is 55.4 Å². The lowest BCUT2D eigenvalue weighted by atomic mass is 9.82. The molecule has 0 aliphatic carbocycles. The lowest BCUT2D eigenvalue weighted by Gasteiger charge is -2.42. The number of rotatable bonds is 13. The zero-order valence-corrected chi connectivity index (χ0v) is 43.9. The average Bonchev–Trinajstić information content (AvgIpc) is 3.86. The van der Waals surface area contributed by atoms with E-state index < -0.39 is 17.9 Å². The average molecular weight is 1000 g/mol. The third-order valence-electron chi connectivity index (χ3n) is 14.8. The van der Waals surface area contributed by atoms with Crippen molar-refractivity contribution in [1.82, 2.24) is 9.80 Å². The Morgan fingerprint density at radius 2 is 1.40 bits per heavy atom. The molecule has 6 heterocycles. The van der Waals surface area contributed by atoms with Crippen LogP contribution in [0.4, 0.5) is 0 Å². The number of benzene rings is 4. The van der Waals surface area contributed by atoms with Crippen LogP contribution in [0.25, 0.3) is 21.1 Å². The molecule has 0 radical (unpaired) electrons. The van der Waals surface area contributed by atoms with Crippen LogP contribution in [-0.4, -0.2) is 81.9 Å². The minimum atomic E-state index is -1.56. The van der Waals surface area contributed by atoms with Crippen LogP contribution in [0.1, 0.15) is 145 Å². The molecule has 4 aliphatic rings. The molecule has 5 unspecified atom stereocenters. The second-order valence-electron chi connectivity index (χ2n) is 20.8. The van der Waals surface area contributed by atoms with E-state index >= 15 is 0 Å². The number of carboxylic acid groups (broad SMARTS) is 2. The highest BCUT2D eigenvalue weighted by atomic mass is 32.2. The van der Waals surface area contributed by atoms with E-state index in [0.717, 1.165) is 87.3 Å². The van der Waals surface area contributed by atoms with Crippen molar-refractivity contribution in [2.75, 3.05) is 26.2 Å². The van der Waals surface area contributed by atoms with Gasteiger partial charge < -0.3 is 33.9 Å². The lowest BCUT2D eigenvalue weighted by molar-refractivity contribution is -0.149. The largest absolute Gasteiger partial charge is 0.491 e. The number of hydrogen-bond donors (Lipinski definition) is 2. The monoisotopic (exact) mass is 1000 g/mol. The fraction of sp³-hybridized carbons (Fsp3) is 0.483. The molecule has 0 bridgehead atoms. The van der Waals surface area contributed by atoms with Crippen LogP contribution >= 0.6 is 34.9 Å². The first-order valence-corrected chi connectivity index (χ1v) is 28.2. The van der Waals surface area contributed by atoms with E-state index in [1.54, 1.807) is 11.8 Å². The maximum Gasteiger partial charge on any atom is 0.323 e. The molecular weight excluding hydrogens is 933 g/mol. The highest BCUT2D eigenvalue weighted by Gasteiger charge is 2.37. The molecule has 4 aliphatic heterocycles. The van der Waals surface area contributed by atoms with Crippen LogP contribution in [0, 0.1) is 0 Å². The molecule has 0 amide bonds. The first kappa shape index (κ1) is 50.5. The van der Waals surface area contributed by atoms with Crippen molar-refractivity contribution in [3.8, 4) is 11.5 Å². The zero-order valence-electron chi connectivity index (χ0n) is 41.5. The van der Waals surface area contributed by atoms with Crippen molar-refractivity contribution in [3.63, 3.8) is 0 Å². The smallest absolute Gasteiger partial charge is 0.323 e. The Morgan fingerprint density at radius 3 is 2.13 bits per heavy atom. The minimum Gasteiger partial charge on any atom is -0.491 e. The number of hydrogen-bond acceptors (Lipinski definition) is 10. The number of ether oxygens (including phenoxy) is 2. The maximum atomic E-state index is 12.2. The Balaban J connectivity index is 0.000000178. The SMILES string of the molecule is CC(C)(C)Oc1ccccc1Sc1ccc2sc(C(C(=O)O)C(=O)O)c(C3CCC4CCCCN4CC3)c2c1.CCC(C)Oc1ccc(Sc2ccc3occ(C4CCN5CCCCC5C4)c3c2)cc1. The number of carboxylic acids is 2. The van der Waals surface area contributed by atoms with Gasteiger partial charge >= 0.3 is 11.9 Å². The third kappa shape index (κ3) is 12.1. The van der Waals surface area contributed by atoms with Gasteiger partial charge in [0.1, 0.15) is 22.7 Å². The molecule has 10 rings (SSSR count). The molecule has 2 aromatic heterocycles. The molecule has 4 aromatic carbocycles. The summed E-state index contributed by atoms with van der Waals surface area (Å²) in [4.78, 5) is 34.7. The normalized spacial score (nSPS) is 21.6. The summed E-state index contributed by atoms with van der Waals surface area (Å²) < 4.78 is 19.0. The Morgan fingerprint density at radius 1 is 0.743 bits per heavy atom. The molecule has 4 fully saturated rings. The van der Waals surface area contributed by atoms with Crippen molar-refractivity contribution in [2.45, 2.75) is 173 Å². The number of fused-ring (bicyclic) bond motifs is 4. The number of nitrogens with zero attached hydrogens (tertiary/aromatic N) is 2. The summed E-state index contributed by atoms with van der Waals surface area (Å²) in [5, 5.41) is 22.2. The fourth-order valence-corrected chi connectivity index (χ4v) is 14.3. The Bertz CT molecular complexity index is 2710. The molecular formula is C58H70N2O7S3. The van der Waals surface area contributed by atoms with E-state index in [4.69, 9.17) is 13.9 Å². The summed E-state index contributed by atoms with van der Waals surface area (Å²) in [6.07, 6.45) is 16.6. The van der Waals surface area contributed by atoms with Crippen molar-refractivity contribution in [3.05, 3.63) is 107 Å². The first-order chi connectivity index (χ1) is 33.8. The standard InChI is InChI=1S/C31H37NO5S2.C27H33NO2S/c1-31(2,3)37-23-9-4-5-10-25(23)38-21-13-14-24-22(18-21)26(28(39-24)27(29(33)34)30(35)36)19-11-12-20-8-6-7-16-32(20)17-15-19;1-3-19(2)30-22-7-9-23(10-8-22)31-24-11-12-27-25(17-24)26(18-29-27)20-13-15-28-14-5-4-6-21(28)16-20/h4-5,9-10,13-14,18-20,27H,6-8,11-12,15-17H2,1-3H3,(H,33,34)(H,35,36);7-12,17-21H,3-6,13-16H2,1-2H3. The predicted molar refractivity (Wildman–Crippen MR) is 285 cm³/mol.